The van der Waals surface area contributed by atoms with Gasteiger partial charge in [0.2, 0.25) is 0 Å². The van der Waals surface area contributed by atoms with Crippen LogP contribution in [-0.2, 0) is 0 Å². The summed E-state index contributed by atoms with van der Waals surface area (Å²) < 4.78 is 0. The fourth-order valence-electron chi connectivity index (χ4n) is 0.798. The van der Waals surface area contributed by atoms with Crippen LogP contribution in [0.15, 0.2) is 12.7 Å². The molecule has 0 saturated carbocycles. The fourth-order valence-corrected chi connectivity index (χ4v) is 0.798. The highest BCUT2D eigenvalue weighted by molar-refractivity contribution is 4.74. The normalized spacial score (nSPS) is 13.1. The molecule has 0 aromatic heterocycles. The van der Waals surface area contributed by atoms with Gasteiger partial charge in [0.1, 0.15) is 0 Å². The van der Waals surface area contributed by atoms with E-state index in [1.54, 1.807) is 0 Å². The topological polar surface area (TPSA) is 26.0 Å². The first-order valence-corrected chi connectivity index (χ1v) is 3.67. The Bertz CT molecular complexity index is 69.0. The summed E-state index contributed by atoms with van der Waals surface area (Å²) in [7, 11) is 0. The second-order valence-corrected chi connectivity index (χ2v) is 2.43. The molecule has 9 heavy (non-hydrogen) atoms. The van der Waals surface area contributed by atoms with Gasteiger partial charge < -0.3 is 5.73 Å². The Morgan fingerprint density at radius 2 is 2.33 bits per heavy atom. The molecule has 0 spiro atoms. The van der Waals surface area contributed by atoms with E-state index in [0.717, 1.165) is 12.8 Å². The highest BCUT2D eigenvalue weighted by Crippen LogP contribution is 2.01. The van der Waals surface area contributed by atoms with Crippen LogP contribution in [0.25, 0.3) is 0 Å². The summed E-state index contributed by atoms with van der Waals surface area (Å²) in [5.41, 5.74) is 5.70. The third-order valence-electron chi connectivity index (χ3n) is 1.40. The van der Waals surface area contributed by atoms with Crippen molar-refractivity contribution in [2.45, 2.75) is 38.6 Å². The van der Waals surface area contributed by atoms with Gasteiger partial charge in [0.25, 0.3) is 0 Å². The van der Waals surface area contributed by atoms with Gasteiger partial charge in [-0.25, -0.2) is 0 Å². The fraction of sp³-hybridized carbons (Fsp3) is 0.750. The van der Waals surface area contributed by atoms with Crippen LogP contribution in [0, 0.1) is 0 Å². The van der Waals surface area contributed by atoms with Crippen LogP contribution in [0.3, 0.4) is 0 Å². The molecule has 1 nitrogen and oxygen atoms in total. The molecule has 0 aliphatic rings. The summed E-state index contributed by atoms with van der Waals surface area (Å²) in [6.45, 7) is 5.81. The minimum absolute atomic E-state index is 0.349. The average Bonchev–Trinajstić information content (AvgIpc) is 1.85. The molecule has 1 atom stereocenters. The summed E-state index contributed by atoms with van der Waals surface area (Å²) in [6.07, 6.45) is 6.47. The van der Waals surface area contributed by atoms with Gasteiger partial charge in [0, 0.05) is 6.04 Å². The van der Waals surface area contributed by atoms with E-state index in [9.17, 15) is 0 Å². The lowest BCUT2D eigenvalue weighted by Crippen LogP contribution is -2.18. The molecule has 0 fully saturated rings. The van der Waals surface area contributed by atoms with E-state index >= 15 is 0 Å². The zero-order valence-electron chi connectivity index (χ0n) is 6.27. The smallest absolute Gasteiger partial charge is 0.00733 e. The van der Waals surface area contributed by atoms with Crippen molar-refractivity contribution in [2.75, 3.05) is 0 Å². The maximum atomic E-state index is 5.70. The number of hydrogen-bond acceptors (Lipinski definition) is 1. The predicted octanol–water partition coefficient (Wildman–Crippen LogP) is 2.08. The first kappa shape index (κ1) is 8.70. The van der Waals surface area contributed by atoms with Crippen molar-refractivity contribution < 1.29 is 0 Å². The molecule has 54 valence electrons. The Balaban J connectivity index is 3.04. The third kappa shape index (κ3) is 5.57. The van der Waals surface area contributed by atoms with Gasteiger partial charge in [-0.05, 0) is 12.8 Å². The van der Waals surface area contributed by atoms with Gasteiger partial charge in [-0.3, -0.25) is 0 Å². The van der Waals surface area contributed by atoms with Crippen molar-refractivity contribution in [1.29, 1.82) is 0 Å². The van der Waals surface area contributed by atoms with Crippen LogP contribution in [-0.4, -0.2) is 6.04 Å². The molecule has 0 radical (unpaired) electrons. The largest absolute Gasteiger partial charge is 0.327 e. The Morgan fingerprint density at radius 3 is 2.78 bits per heavy atom. The zero-order valence-corrected chi connectivity index (χ0v) is 6.27. The third-order valence-corrected chi connectivity index (χ3v) is 1.40. The van der Waals surface area contributed by atoms with Crippen molar-refractivity contribution >= 4 is 0 Å². The lowest BCUT2D eigenvalue weighted by atomic mass is 10.1. The molecule has 0 aromatic rings. The van der Waals surface area contributed by atoms with Gasteiger partial charge in [-0.1, -0.05) is 25.8 Å². The van der Waals surface area contributed by atoms with Gasteiger partial charge >= 0.3 is 0 Å². The first-order chi connectivity index (χ1) is 4.31. The number of nitrogens with two attached hydrogens (primary N) is 1. The van der Waals surface area contributed by atoms with Gasteiger partial charge in [0.05, 0.1) is 0 Å². The second-order valence-electron chi connectivity index (χ2n) is 2.43. The van der Waals surface area contributed by atoms with Crippen molar-refractivity contribution in [3.05, 3.63) is 12.7 Å². The van der Waals surface area contributed by atoms with Crippen LogP contribution in [0.1, 0.15) is 32.6 Å². The lowest BCUT2D eigenvalue weighted by Gasteiger charge is -2.05. The van der Waals surface area contributed by atoms with Crippen LogP contribution in [0.2, 0.25) is 0 Å². The number of unbranched alkanes of at least 4 members (excludes halogenated alkanes) is 1. The molecule has 0 amide bonds. The monoisotopic (exact) mass is 127 g/mol. The maximum absolute atomic E-state index is 5.70. The molecule has 0 bridgehead atoms. The molecule has 2 N–H and O–H groups in total. The summed E-state index contributed by atoms with van der Waals surface area (Å²) in [4.78, 5) is 0. The van der Waals surface area contributed by atoms with E-state index in [4.69, 9.17) is 5.73 Å². The van der Waals surface area contributed by atoms with Crippen molar-refractivity contribution in [3.63, 3.8) is 0 Å². The van der Waals surface area contributed by atoms with Crippen LogP contribution >= 0.6 is 0 Å². The summed E-state index contributed by atoms with van der Waals surface area (Å²) in [6, 6.07) is 0.349. The Kier molecular flexibility index (Phi) is 5.64. The Morgan fingerprint density at radius 1 is 1.67 bits per heavy atom. The van der Waals surface area contributed by atoms with E-state index in [-0.39, 0.29) is 0 Å². The molecule has 0 aliphatic heterocycles. The predicted molar refractivity (Wildman–Crippen MR) is 42.3 cm³/mol. The molecular formula is C8H17N. The second kappa shape index (κ2) is 5.83. The zero-order chi connectivity index (χ0) is 7.11. The van der Waals surface area contributed by atoms with Gasteiger partial charge in [0.15, 0.2) is 0 Å². The van der Waals surface area contributed by atoms with Crippen molar-refractivity contribution in [2.24, 2.45) is 5.73 Å². The summed E-state index contributed by atoms with van der Waals surface area (Å²) in [5.74, 6) is 0. The first-order valence-electron chi connectivity index (χ1n) is 3.67. The highest BCUT2D eigenvalue weighted by atomic mass is 14.6. The maximum Gasteiger partial charge on any atom is 0.00733 e. The van der Waals surface area contributed by atoms with E-state index in [0.29, 0.717) is 6.04 Å². The molecule has 0 aromatic carbocycles. The quantitative estimate of drug-likeness (QED) is 0.562. The number of hydrogen-bond donors (Lipinski definition) is 1. The molecule has 1 heteroatoms. The van der Waals surface area contributed by atoms with E-state index in [2.05, 4.69) is 13.5 Å². The molecule has 0 unspecified atom stereocenters. The van der Waals surface area contributed by atoms with Crippen LogP contribution < -0.4 is 5.73 Å². The standard InChI is InChI=1S/C8H17N/c1-3-5-7-8(9)6-4-2/h4,8H,2-3,5-7,9H2,1H3/t8-/m0/s1. The molecule has 0 saturated heterocycles. The number of rotatable bonds is 5. The molecule has 0 heterocycles. The molecule has 0 rings (SSSR count). The summed E-state index contributed by atoms with van der Waals surface area (Å²) in [5, 5.41) is 0. The molecular weight excluding hydrogens is 110 g/mol. The average molecular weight is 127 g/mol. The minimum atomic E-state index is 0.349. The highest BCUT2D eigenvalue weighted by Gasteiger charge is 1.96. The van der Waals surface area contributed by atoms with Gasteiger partial charge in [-0.15, -0.1) is 6.58 Å². The Hall–Kier alpha value is -0.300. The van der Waals surface area contributed by atoms with Crippen LogP contribution in [0.5, 0.6) is 0 Å². The van der Waals surface area contributed by atoms with Crippen molar-refractivity contribution in [3.8, 4) is 0 Å². The van der Waals surface area contributed by atoms with Crippen LogP contribution in [0.4, 0.5) is 0 Å². The van der Waals surface area contributed by atoms with E-state index in [1.807, 2.05) is 6.08 Å². The SMILES string of the molecule is C=CC[C@H](N)CCCC. The Labute approximate surface area is 57.9 Å². The van der Waals surface area contributed by atoms with E-state index < -0.39 is 0 Å². The van der Waals surface area contributed by atoms with E-state index in [1.165, 1.54) is 12.8 Å². The molecule has 0 aliphatic carbocycles. The minimum Gasteiger partial charge on any atom is -0.327 e. The lowest BCUT2D eigenvalue weighted by molar-refractivity contribution is 0.582. The summed E-state index contributed by atoms with van der Waals surface area (Å²) >= 11 is 0. The van der Waals surface area contributed by atoms with Gasteiger partial charge in [-0.2, -0.15) is 0 Å². The van der Waals surface area contributed by atoms with Crippen molar-refractivity contribution in [1.82, 2.24) is 0 Å².